The Morgan fingerprint density at radius 2 is 1.74 bits per heavy atom. The first kappa shape index (κ1) is 19.8. The van der Waals surface area contributed by atoms with E-state index in [1.54, 1.807) is 18.5 Å². The molecular weight excluding hydrogens is 376 g/mol. The Kier molecular flexibility index (Phi) is 7.36. The number of benzene rings is 1. The molecular formula is C16H15Cl4N3. The van der Waals surface area contributed by atoms with Crippen molar-refractivity contribution in [3.8, 4) is 11.3 Å². The Labute approximate surface area is 157 Å². The topological polar surface area (TPSA) is 30.7 Å². The molecule has 0 saturated heterocycles. The van der Waals surface area contributed by atoms with Gasteiger partial charge in [0.2, 0.25) is 0 Å². The largest absolute Gasteiger partial charge is 0.331 e. The average Bonchev–Trinajstić information content (AvgIpc) is 2.88. The molecule has 122 valence electrons. The van der Waals surface area contributed by atoms with Crippen LogP contribution < -0.4 is 0 Å². The van der Waals surface area contributed by atoms with Gasteiger partial charge in [0, 0.05) is 30.7 Å². The molecule has 0 N–H and O–H groups in total. The summed E-state index contributed by atoms with van der Waals surface area (Å²) in [6.07, 6.45) is 5.57. The molecule has 23 heavy (non-hydrogen) atoms. The van der Waals surface area contributed by atoms with Crippen molar-refractivity contribution in [1.29, 1.82) is 0 Å². The summed E-state index contributed by atoms with van der Waals surface area (Å²) in [7, 11) is 0. The van der Waals surface area contributed by atoms with Gasteiger partial charge in [0.1, 0.15) is 5.82 Å². The standard InChI is InChI=1S/C16H13Cl2N3.2ClH/c1-11-19-6-7-21(11)10-12-4-5-20-16(8-12)13-2-3-14(17)15(18)9-13;;/h2-9H,10H2,1H3;2*1H. The lowest BCUT2D eigenvalue weighted by molar-refractivity contribution is 0.761. The maximum absolute atomic E-state index is 6.07. The van der Waals surface area contributed by atoms with E-state index in [0.29, 0.717) is 10.0 Å². The number of rotatable bonds is 3. The van der Waals surface area contributed by atoms with E-state index >= 15 is 0 Å². The molecule has 0 atom stereocenters. The van der Waals surface area contributed by atoms with Gasteiger partial charge < -0.3 is 4.57 Å². The van der Waals surface area contributed by atoms with Crippen LogP contribution >= 0.6 is 48.0 Å². The number of hydrogen-bond acceptors (Lipinski definition) is 2. The second-order valence-electron chi connectivity index (χ2n) is 4.78. The van der Waals surface area contributed by atoms with Gasteiger partial charge in [-0.25, -0.2) is 4.98 Å². The monoisotopic (exact) mass is 389 g/mol. The Bertz CT molecular complexity index is 787. The van der Waals surface area contributed by atoms with E-state index in [0.717, 1.165) is 29.2 Å². The molecule has 0 bridgehead atoms. The van der Waals surface area contributed by atoms with Crippen molar-refractivity contribution in [1.82, 2.24) is 14.5 Å². The zero-order valence-corrected chi connectivity index (χ0v) is 15.4. The van der Waals surface area contributed by atoms with Crippen molar-refractivity contribution in [3.05, 3.63) is 70.4 Å². The summed E-state index contributed by atoms with van der Waals surface area (Å²) < 4.78 is 2.09. The maximum atomic E-state index is 6.07. The van der Waals surface area contributed by atoms with Crippen LogP contribution in [0.2, 0.25) is 10.0 Å². The number of hydrogen-bond donors (Lipinski definition) is 0. The van der Waals surface area contributed by atoms with Crippen molar-refractivity contribution in [2.45, 2.75) is 13.5 Å². The lowest BCUT2D eigenvalue weighted by Crippen LogP contribution is -2.01. The van der Waals surface area contributed by atoms with Crippen LogP contribution in [0.15, 0.2) is 48.9 Å². The lowest BCUT2D eigenvalue weighted by Gasteiger charge is -2.08. The number of aryl methyl sites for hydroxylation is 1. The van der Waals surface area contributed by atoms with Crippen LogP contribution in [0.3, 0.4) is 0 Å². The number of nitrogens with zero attached hydrogens (tertiary/aromatic N) is 3. The molecule has 3 rings (SSSR count). The fraction of sp³-hybridized carbons (Fsp3) is 0.125. The highest BCUT2D eigenvalue weighted by Gasteiger charge is 2.05. The third-order valence-electron chi connectivity index (χ3n) is 3.32. The van der Waals surface area contributed by atoms with Crippen molar-refractivity contribution in [2.24, 2.45) is 0 Å². The molecule has 0 saturated carbocycles. The molecule has 3 aromatic rings. The zero-order valence-electron chi connectivity index (χ0n) is 12.2. The van der Waals surface area contributed by atoms with Gasteiger partial charge >= 0.3 is 0 Å². The van der Waals surface area contributed by atoms with Crippen LogP contribution in [-0.2, 0) is 6.54 Å². The highest BCUT2D eigenvalue weighted by Crippen LogP contribution is 2.27. The van der Waals surface area contributed by atoms with Crippen LogP contribution in [0.5, 0.6) is 0 Å². The van der Waals surface area contributed by atoms with E-state index in [4.69, 9.17) is 23.2 Å². The number of imidazole rings is 1. The molecule has 0 aliphatic carbocycles. The highest BCUT2D eigenvalue weighted by atomic mass is 35.5. The van der Waals surface area contributed by atoms with Crippen LogP contribution in [0.1, 0.15) is 11.4 Å². The fourth-order valence-electron chi connectivity index (χ4n) is 2.15. The van der Waals surface area contributed by atoms with Crippen LogP contribution in [0, 0.1) is 6.92 Å². The maximum Gasteiger partial charge on any atom is 0.105 e. The summed E-state index contributed by atoms with van der Waals surface area (Å²) in [6, 6.07) is 9.59. The molecule has 7 heteroatoms. The molecule has 0 aliphatic heterocycles. The van der Waals surface area contributed by atoms with Gasteiger partial charge in [-0.3, -0.25) is 4.98 Å². The highest BCUT2D eigenvalue weighted by molar-refractivity contribution is 6.42. The molecule has 0 spiro atoms. The third kappa shape index (κ3) is 4.61. The molecule has 0 unspecified atom stereocenters. The van der Waals surface area contributed by atoms with Crippen LogP contribution in [-0.4, -0.2) is 14.5 Å². The predicted molar refractivity (Wildman–Crippen MR) is 100 cm³/mol. The van der Waals surface area contributed by atoms with Gasteiger partial charge in [0.05, 0.1) is 15.7 Å². The van der Waals surface area contributed by atoms with Gasteiger partial charge in [-0.15, -0.1) is 24.8 Å². The van der Waals surface area contributed by atoms with E-state index in [9.17, 15) is 0 Å². The number of aromatic nitrogens is 3. The number of halogens is 4. The van der Waals surface area contributed by atoms with E-state index in [2.05, 4.69) is 20.6 Å². The second kappa shape index (κ2) is 8.55. The first-order chi connectivity index (χ1) is 10.1. The number of pyridine rings is 1. The summed E-state index contributed by atoms with van der Waals surface area (Å²) >= 11 is 12.0. The van der Waals surface area contributed by atoms with Gasteiger partial charge in [0.15, 0.2) is 0 Å². The first-order valence-electron chi connectivity index (χ1n) is 6.51. The van der Waals surface area contributed by atoms with Gasteiger partial charge in [-0.2, -0.15) is 0 Å². The molecule has 1 aromatic carbocycles. The fourth-order valence-corrected chi connectivity index (χ4v) is 2.45. The van der Waals surface area contributed by atoms with Crippen LogP contribution in [0.4, 0.5) is 0 Å². The molecule has 0 radical (unpaired) electrons. The Balaban J connectivity index is 0.00000132. The van der Waals surface area contributed by atoms with E-state index < -0.39 is 0 Å². The minimum Gasteiger partial charge on any atom is -0.331 e. The van der Waals surface area contributed by atoms with Crippen molar-refractivity contribution >= 4 is 48.0 Å². The molecule has 0 fully saturated rings. The van der Waals surface area contributed by atoms with Gasteiger partial charge in [-0.05, 0) is 36.8 Å². The van der Waals surface area contributed by atoms with Crippen LogP contribution in [0.25, 0.3) is 11.3 Å². The van der Waals surface area contributed by atoms with E-state index in [1.807, 2.05) is 31.3 Å². The van der Waals surface area contributed by atoms with Crippen molar-refractivity contribution in [2.75, 3.05) is 0 Å². The zero-order chi connectivity index (χ0) is 14.8. The summed E-state index contributed by atoms with van der Waals surface area (Å²) in [6.45, 7) is 2.75. The summed E-state index contributed by atoms with van der Waals surface area (Å²) in [5, 5.41) is 1.08. The predicted octanol–water partition coefficient (Wildman–Crippen LogP) is 5.45. The molecule has 0 amide bonds. The SMILES string of the molecule is Cc1nccn1Cc1ccnc(-c2ccc(Cl)c(Cl)c2)c1.Cl.Cl. The smallest absolute Gasteiger partial charge is 0.105 e. The Morgan fingerprint density at radius 3 is 2.39 bits per heavy atom. The van der Waals surface area contributed by atoms with Gasteiger partial charge in [-0.1, -0.05) is 29.3 Å². The third-order valence-corrected chi connectivity index (χ3v) is 4.06. The molecule has 2 heterocycles. The second-order valence-corrected chi connectivity index (χ2v) is 5.59. The minimum absolute atomic E-state index is 0. The van der Waals surface area contributed by atoms with E-state index in [-0.39, 0.29) is 24.8 Å². The molecule has 2 aromatic heterocycles. The lowest BCUT2D eigenvalue weighted by atomic mass is 10.1. The normalized spacial score (nSPS) is 9.87. The van der Waals surface area contributed by atoms with Crippen molar-refractivity contribution in [3.63, 3.8) is 0 Å². The summed E-state index contributed by atoms with van der Waals surface area (Å²) in [5.41, 5.74) is 2.99. The van der Waals surface area contributed by atoms with Gasteiger partial charge in [0.25, 0.3) is 0 Å². The first-order valence-corrected chi connectivity index (χ1v) is 7.27. The average molecular weight is 391 g/mol. The molecule has 0 aliphatic rings. The minimum atomic E-state index is 0. The van der Waals surface area contributed by atoms with Crippen molar-refractivity contribution < 1.29 is 0 Å². The summed E-state index contributed by atoms with van der Waals surface area (Å²) in [5.74, 6) is 0.989. The Morgan fingerprint density at radius 1 is 0.957 bits per heavy atom. The quantitative estimate of drug-likeness (QED) is 0.595. The van der Waals surface area contributed by atoms with E-state index in [1.165, 1.54) is 0 Å². The Hall–Kier alpha value is -1.26. The summed E-state index contributed by atoms with van der Waals surface area (Å²) in [4.78, 5) is 8.64. The molecule has 3 nitrogen and oxygen atoms in total.